The Bertz CT molecular complexity index is 1000. The molecule has 1 heterocycles. The highest BCUT2D eigenvalue weighted by molar-refractivity contribution is 5.91. The van der Waals surface area contributed by atoms with E-state index in [1.165, 1.54) is 13.0 Å². The first-order valence-electron chi connectivity index (χ1n) is 8.99. The number of hydrogen-bond donors (Lipinski definition) is 2. The van der Waals surface area contributed by atoms with Crippen molar-refractivity contribution in [2.45, 2.75) is 19.8 Å². The molecule has 0 aliphatic heterocycles. The Hall–Kier alpha value is -3.22. The van der Waals surface area contributed by atoms with Crippen LogP contribution in [0.15, 0.2) is 48.7 Å². The van der Waals surface area contributed by atoms with Gasteiger partial charge in [-0.1, -0.05) is 18.2 Å². The van der Waals surface area contributed by atoms with Crippen molar-refractivity contribution in [3.05, 3.63) is 65.9 Å². The summed E-state index contributed by atoms with van der Waals surface area (Å²) in [5, 5.41) is 3.51. The number of fused-ring (bicyclic) bond motifs is 1. The summed E-state index contributed by atoms with van der Waals surface area (Å²) < 4.78 is 26.5. The Morgan fingerprint density at radius 1 is 1.11 bits per heavy atom. The lowest BCUT2D eigenvalue weighted by molar-refractivity contribution is -0.129. The molecule has 0 saturated carbocycles. The number of nitrogens with one attached hydrogen (secondary N) is 2. The molecular weight excluding hydrogens is 364 g/mol. The van der Waals surface area contributed by atoms with Gasteiger partial charge in [0.2, 0.25) is 11.8 Å². The van der Waals surface area contributed by atoms with Crippen LogP contribution in [0, 0.1) is 11.6 Å². The van der Waals surface area contributed by atoms with Crippen molar-refractivity contribution in [3.63, 3.8) is 0 Å². The minimum atomic E-state index is -0.837. The predicted molar refractivity (Wildman–Crippen MR) is 104 cm³/mol. The van der Waals surface area contributed by atoms with Crippen molar-refractivity contribution in [2.75, 3.05) is 18.4 Å². The van der Waals surface area contributed by atoms with Gasteiger partial charge in [0.25, 0.3) is 0 Å². The molecule has 3 aromatic rings. The maximum Gasteiger partial charge on any atom is 0.226 e. The fourth-order valence-corrected chi connectivity index (χ4v) is 3.06. The largest absolute Gasteiger partial charge is 0.361 e. The first-order valence-corrected chi connectivity index (χ1v) is 8.99. The Kier molecular flexibility index (Phi) is 6.03. The molecule has 1 aromatic heterocycles. The first kappa shape index (κ1) is 19.5. The predicted octanol–water partition coefficient (Wildman–Crippen LogP) is 3.87. The summed E-state index contributed by atoms with van der Waals surface area (Å²) in [6.45, 7) is 2.13. The van der Waals surface area contributed by atoms with E-state index >= 15 is 0 Å². The van der Waals surface area contributed by atoms with E-state index in [0.717, 1.165) is 22.5 Å². The van der Waals surface area contributed by atoms with E-state index < -0.39 is 17.5 Å². The minimum Gasteiger partial charge on any atom is -0.361 e. The summed E-state index contributed by atoms with van der Waals surface area (Å²) in [4.78, 5) is 28.8. The highest BCUT2D eigenvalue weighted by Crippen LogP contribution is 2.19. The lowest BCUT2D eigenvalue weighted by Crippen LogP contribution is -2.33. The van der Waals surface area contributed by atoms with Gasteiger partial charge in [-0.15, -0.1) is 0 Å². The lowest BCUT2D eigenvalue weighted by atomic mass is 10.1. The van der Waals surface area contributed by atoms with E-state index in [9.17, 15) is 18.4 Å². The highest BCUT2D eigenvalue weighted by Gasteiger charge is 2.14. The van der Waals surface area contributed by atoms with Gasteiger partial charge in [0.1, 0.15) is 11.6 Å². The SMILES string of the molecule is CC(=O)N(CCC(=O)Nc1ccc(F)cc1F)CCc1c[nH]c2ccccc12. The molecule has 0 aliphatic carbocycles. The van der Waals surface area contributed by atoms with E-state index in [-0.39, 0.29) is 24.6 Å². The van der Waals surface area contributed by atoms with Gasteiger partial charge in [-0.05, 0) is 30.2 Å². The Morgan fingerprint density at radius 2 is 1.89 bits per heavy atom. The first-order chi connectivity index (χ1) is 13.4. The molecule has 2 aromatic carbocycles. The molecule has 0 saturated heterocycles. The van der Waals surface area contributed by atoms with Crippen molar-refractivity contribution in [3.8, 4) is 0 Å². The second-order valence-corrected chi connectivity index (χ2v) is 6.54. The zero-order valence-electron chi connectivity index (χ0n) is 15.5. The van der Waals surface area contributed by atoms with Crippen LogP contribution >= 0.6 is 0 Å². The number of benzene rings is 2. The molecule has 0 atom stereocenters. The quantitative estimate of drug-likeness (QED) is 0.649. The Labute approximate surface area is 161 Å². The molecule has 0 unspecified atom stereocenters. The average molecular weight is 385 g/mol. The van der Waals surface area contributed by atoms with Gasteiger partial charge in [-0.2, -0.15) is 0 Å². The maximum atomic E-state index is 13.6. The van der Waals surface area contributed by atoms with Crippen LogP contribution in [0.3, 0.4) is 0 Å². The van der Waals surface area contributed by atoms with Crippen molar-refractivity contribution >= 4 is 28.4 Å². The minimum absolute atomic E-state index is 0.0181. The monoisotopic (exact) mass is 385 g/mol. The molecule has 0 spiro atoms. The molecular formula is C21H21F2N3O2. The third-order valence-electron chi connectivity index (χ3n) is 4.59. The molecule has 2 amide bonds. The molecule has 0 bridgehead atoms. The van der Waals surface area contributed by atoms with E-state index in [4.69, 9.17) is 0 Å². The molecule has 3 rings (SSSR count). The molecule has 0 radical (unpaired) electrons. The van der Waals surface area contributed by atoms with Gasteiger partial charge in [0.15, 0.2) is 0 Å². The van der Waals surface area contributed by atoms with Gasteiger partial charge in [0, 0.05) is 49.6 Å². The van der Waals surface area contributed by atoms with Crippen LogP contribution < -0.4 is 5.32 Å². The molecule has 7 heteroatoms. The third-order valence-corrected chi connectivity index (χ3v) is 4.59. The van der Waals surface area contributed by atoms with Gasteiger partial charge >= 0.3 is 0 Å². The van der Waals surface area contributed by atoms with Crippen LogP contribution in [0.25, 0.3) is 10.9 Å². The Morgan fingerprint density at radius 3 is 2.64 bits per heavy atom. The second kappa shape index (κ2) is 8.65. The zero-order chi connectivity index (χ0) is 20.1. The molecule has 28 heavy (non-hydrogen) atoms. The van der Waals surface area contributed by atoms with Crippen LogP contribution in [0.5, 0.6) is 0 Å². The fraction of sp³-hybridized carbons (Fsp3) is 0.238. The number of carbonyl (C=O) groups excluding carboxylic acids is 2. The Balaban J connectivity index is 1.55. The average Bonchev–Trinajstić information content (AvgIpc) is 3.07. The summed E-state index contributed by atoms with van der Waals surface area (Å²) in [6, 6.07) is 10.9. The smallest absolute Gasteiger partial charge is 0.226 e. The normalized spacial score (nSPS) is 10.8. The van der Waals surface area contributed by atoms with Crippen LogP contribution in [-0.2, 0) is 16.0 Å². The topological polar surface area (TPSA) is 65.2 Å². The van der Waals surface area contributed by atoms with E-state index in [1.54, 1.807) is 4.90 Å². The molecule has 0 aliphatic rings. The number of H-pyrrole nitrogens is 1. The van der Waals surface area contributed by atoms with Crippen LogP contribution in [0.2, 0.25) is 0 Å². The van der Waals surface area contributed by atoms with Gasteiger partial charge < -0.3 is 15.2 Å². The summed E-state index contributed by atoms with van der Waals surface area (Å²) in [7, 11) is 0. The van der Waals surface area contributed by atoms with Gasteiger partial charge in [-0.3, -0.25) is 9.59 Å². The highest BCUT2D eigenvalue weighted by atomic mass is 19.1. The molecule has 5 nitrogen and oxygen atoms in total. The number of rotatable bonds is 7. The summed E-state index contributed by atoms with van der Waals surface area (Å²) >= 11 is 0. The van der Waals surface area contributed by atoms with Crippen molar-refractivity contribution < 1.29 is 18.4 Å². The number of amides is 2. The molecule has 2 N–H and O–H groups in total. The number of carbonyl (C=O) groups is 2. The third kappa shape index (κ3) is 4.73. The number of aromatic nitrogens is 1. The van der Waals surface area contributed by atoms with Crippen molar-refractivity contribution in [1.82, 2.24) is 9.88 Å². The second-order valence-electron chi connectivity index (χ2n) is 6.54. The lowest BCUT2D eigenvalue weighted by Gasteiger charge is -2.20. The van der Waals surface area contributed by atoms with Crippen molar-refractivity contribution in [2.24, 2.45) is 0 Å². The number of aromatic amines is 1. The maximum absolute atomic E-state index is 13.6. The van der Waals surface area contributed by atoms with E-state index in [2.05, 4.69) is 10.3 Å². The molecule has 0 fully saturated rings. The van der Waals surface area contributed by atoms with Gasteiger partial charge in [0.05, 0.1) is 5.69 Å². The number of nitrogens with zero attached hydrogens (tertiary/aromatic N) is 1. The van der Waals surface area contributed by atoms with E-state index in [0.29, 0.717) is 19.0 Å². The van der Waals surface area contributed by atoms with E-state index in [1.807, 2.05) is 30.5 Å². The molecule has 146 valence electrons. The standard InChI is InChI=1S/C21H21F2N3O2/c1-14(27)26(10-8-15-13-24-19-5-3-2-4-17(15)19)11-9-21(28)25-20-7-6-16(22)12-18(20)23/h2-7,12-13,24H,8-11H2,1H3,(H,25,28). The zero-order valence-corrected chi connectivity index (χ0v) is 15.5. The van der Waals surface area contributed by atoms with Crippen LogP contribution in [0.1, 0.15) is 18.9 Å². The van der Waals surface area contributed by atoms with Crippen LogP contribution in [-0.4, -0.2) is 34.8 Å². The summed E-state index contributed by atoms with van der Waals surface area (Å²) in [5.74, 6) is -2.13. The number of anilines is 1. The van der Waals surface area contributed by atoms with Crippen molar-refractivity contribution in [1.29, 1.82) is 0 Å². The summed E-state index contributed by atoms with van der Waals surface area (Å²) in [6.07, 6.45) is 2.59. The fourth-order valence-electron chi connectivity index (χ4n) is 3.06. The van der Waals surface area contributed by atoms with Gasteiger partial charge in [-0.25, -0.2) is 8.78 Å². The number of halogens is 2. The number of para-hydroxylation sites is 1. The number of hydrogen-bond acceptors (Lipinski definition) is 2. The van der Waals surface area contributed by atoms with Crippen LogP contribution in [0.4, 0.5) is 14.5 Å². The summed E-state index contributed by atoms with van der Waals surface area (Å²) in [5.41, 5.74) is 2.05.